The summed E-state index contributed by atoms with van der Waals surface area (Å²) in [6, 6.07) is 26.5. The lowest BCUT2D eigenvalue weighted by Crippen LogP contribution is -2.49. The number of pyridine rings is 1. The van der Waals surface area contributed by atoms with Gasteiger partial charge in [-0.1, -0.05) is 61.7 Å². The number of nitrogens with one attached hydrogen (secondary N) is 1. The van der Waals surface area contributed by atoms with E-state index in [9.17, 15) is 0 Å². The van der Waals surface area contributed by atoms with Crippen molar-refractivity contribution in [2.24, 2.45) is 0 Å². The van der Waals surface area contributed by atoms with Gasteiger partial charge >= 0.3 is 0 Å². The topological polar surface area (TPSA) is 65.3 Å². The molecular formula is C45H52N8. The lowest BCUT2D eigenvalue weighted by molar-refractivity contribution is 0.153. The molecule has 1 unspecified atom stereocenters. The summed E-state index contributed by atoms with van der Waals surface area (Å²) >= 11 is 0. The number of nitrogens with zero attached hydrogens (tertiary/aromatic N) is 7. The highest BCUT2D eigenvalue weighted by molar-refractivity contribution is 5.81. The number of likely N-dealkylation sites (N-methyl/N-ethyl adjacent to an activating group) is 1. The molecular weight excluding hydrogens is 653 g/mol. The van der Waals surface area contributed by atoms with Crippen molar-refractivity contribution in [3.63, 3.8) is 0 Å². The molecule has 1 N–H and O–H groups in total. The first-order valence-electron chi connectivity index (χ1n) is 19.4. The molecule has 1 saturated carbocycles. The van der Waals surface area contributed by atoms with Crippen molar-refractivity contribution in [2.45, 2.75) is 69.4 Å². The minimum absolute atomic E-state index is 0.285. The molecule has 0 spiro atoms. The Bertz CT molecular complexity index is 2080. The van der Waals surface area contributed by atoms with Crippen molar-refractivity contribution >= 4 is 22.4 Å². The van der Waals surface area contributed by atoms with Gasteiger partial charge in [-0.25, -0.2) is 4.98 Å². The molecule has 1 saturated heterocycles. The third-order valence-electron chi connectivity index (χ3n) is 11.9. The van der Waals surface area contributed by atoms with Gasteiger partial charge in [-0.15, -0.1) is 16.8 Å². The largest absolute Gasteiger partial charge is 0.390 e. The van der Waals surface area contributed by atoms with Crippen LogP contribution in [0.1, 0.15) is 62.0 Å². The first-order chi connectivity index (χ1) is 26.0. The Labute approximate surface area is 314 Å². The van der Waals surface area contributed by atoms with Crippen LogP contribution in [0.5, 0.6) is 0 Å². The molecule has 1 aliphatic carbocycles. The fraction of sp³-hybridized carbons (Fsp3) is 0.356. The van der Waals surface area contributed by atoms with Crippen LogP contribution in [0.3, 0.4) is 0 Å². The van der Waals surface area contributed by atoms with Gasteiger partial charge in [0, 0.05) is 68.1 Å². The molecule has 2 aliphatic heterocycles. The Morgan fingerprint density at radius 2 is 1.81 bits per heavy atom. The molecule has 5 heterocycles. The van der Waals surface area contributed by atoms with Crippen LogP contribution < -0.4 is 15.1 Å². The maximum Gasteiger partial charge on any atom is 0.137 e. The summed E-state index contributed by atoms with van der Waals surface area (Å²) in [5, 5.41) is 12.3. The molecule has 3 aromatic heterocycles. The van der Waals surface area contributed by atoms with Gasteiger partial charge in [-0.3, -0.25) is 9.47 Å². The van der Waals surface area contributed by atoms with Crippen LogP contribution in [-0.4, -0.2) is 70.0 Å². The zero-order valence-corrected chi connectivity index (χ0v) is 31.1. The summed E-state index contributed by atoms with van der Waals surface area (Å²) < 4.78 is 2.09. The number of hydrogen-bond acceptors (Lipinski definition) is 7. The maximum atomic E-state index is 4.90. The van der Waals surface area contributed by atoms with Crippen LogP contribution >= 0.6 is 0 Å². The Morgan fingerprint density at radius 3 is 2.57 bits per heavy atom. The summed E-state index contributed by atoms with van der Waals surface area (Å²) in [6.07, 6.45) is 15.4. The lowest BCUT2D eigenvalue weighted by Gasteiger charge is -2.44. The molecule has 8 nitrogen and oxygen atoms in total. The Hall–Kier alpha value is -5.21. The van der Waals surface area contributed by atoms with Crippen LogP contribution in [0, 0.1) is 0 Å². The predicted octanol–water partition coefficient (Wildman–Crippen LogP) is 8.67. The van der Waals surface area contributed by atoms with Crippen LogP contribution in [-0.2, 0) is 6.42 Å². The molecule has 0 radical (unpaired) electrons. The van der Waals surface area contributed by atoms with Gasteiger partial charge in [-0.2, -0.15) is 0 Å². The van der Waals surface area contributed by atoms with E-state index < -0.39 is 0 Å². The summed E-state index contributed by atoms with van der Waals surface area (Å²) in [5.74, 6) is 1.49. The van der Waals surface area contributed by atoms with Crippen molar-refractivity contribution in [1.29, 1.82) is 0 Å². The molecule has 272 valence electrons. The predicted molar refractivity (Wildman–Crippen MR) is 219 cm³/mol. The highest BCUT2D eigenvalue weighted by atomic mass is 15.3. The highest BCUT2D eigenvalue weighted by Gasteiger charge is 2.33. The summed E-state index contributed by atoms with van der Waals surface area (Å²) in [7, 11) is 2.00. The lowest BCUT2D eigenvalue weighted by atomic mass is 9.78. The minimum Gasteiger partial charge on any atom is -0.390 e. The molecule has 0 bridgehead atoms. The molecule has 5 aromatic rings. The van der Waals surface area contributed by atoms with E-state index in [1.165, 1.54) is 44.2 Å². The Balaban J connectivity index is 0.899. The van der Waals surface area contributed by atoms with E-state index in [1.807, 2.05) is 49.8 Å². The standard InChI is InChI=1S/C45H52N8/c1-5-6-16-42(33(3)46-4)52-25-11-15-39-38(14-10-17-43(39)52)34-18-20-36(21-19-34)50-27-28-51(32(2)31-50)37-22-23-45(47-30-37)53-26-24-40-44(53)29-41(49-48-40)35-12-8-7-9-13-35/h5,7-10,12-14,17,22-24,26,29-30,34,36,42,46H,1-3,6,11,15-16,18-21,25,27-28,31H2,4H3. The molecule has 2 aromatic carbocycles. The van der Waals surface area contributed by atoms with Gasteiger partial charge in [0.15, 0.2) is 0 Å². The number of hydrogen-bond donors (Lipinski definition) is 1. The normalized spacial score (nSPS) is 19.9. The van der Waals surface area contributed by atoms with Crippen LogP contribution in [0.4, 0.5) is 11.4 Å². The second kappa shape index (κ2) is 15.4. The number of anilines is 2. The smallest absolute Gasteiger partial charge is 0.137 e. The number of benzene rings is 2. The van der Waals surface area contributed by atoms with Gasteiger partial charge in [0.1, 0.15) is 11.3 Å². The van der Waals surface area contributed by atoms with Crippen molar-refractivity contribution in [1.82, 2.24) is 30.0 Å². The first-order valence-corrected chi connectivity index (χ1v) is 19.4. The minimum atomic E-state index is 0.285. The number of allylic oxidation sites excluding steroid dienone is 1. The number of rotatable bonds is 11. The first kappa shape index (κ1) is 34.9. The van der Waals surface area contributed by atoms with E-state index in [0.717, 1.165) is 84.2 Å². The van der Waals surface area contributed by atoms with Gasteiger partial charge in [0.25, 0.3) is 0 Å². The second-order valence-electron chi connectivity index (χ2n) is 14.9. The van der Waals surface area contributed by atoms with Crippen molar-refractivity contribution in [2.75, 3.05) is 43.0 Å². The zero-order chi connectivity index (χ0) is 36.3. The third-order valence-corrected chi connectivity index (χ3v) is 11.9. The summed E-state index contributed by atoms with van der Waals surface area (Å²) in [6.45, 7) is 16.9. The number of aromatic nitrogens is 4. The van der Waals surface area contributed by atoms with Crippen molar-refractivity contribution in [3.8, 4) is 17.1 Å². The summed E-state index contributed by atoms with van der Waals surface area (Å²) in [5.41, 5.74) is 11.7. The Kier molecular flexibility index (Phi) is 10.1. The third kappa shape index (κ3) is 7.00. The number of piperazine rings is 1. The van der Waals surface area contributed by atoms with Crippen LogP contribution in [0.15, 0.2) is 122 Å². The molecule has 0 amide bonds. The SMILES string of the molecule is C=CCCC(C(=C)NC)N1CCCc2c(C3CCC(N4CCN(c5ccc(-n6ccc7nnc(-c8ccccc8)cc76)nc5)C(=C)C4)CC3)cccc21. The van der Waals surface area contributed by atoms with Crippen LogP contribution in [0.2, 0.25) is 0 Å². The Morgan fingerprint density at radius 1 is 0.962 bits per heavy atom. The highest BCUT2D eigenvalue weighted by Crippen LogP contribution is 2.42. The average Bonchev–Trinajstić information content (AvgIpc) is 3.64. The summed E-state index contributed by atoms with van der Waals surface area (Å²) in [4.78, 5) is 12.5. The fourth-order valence-corrected chi connectivity index (χ4v) is 9.07. The van der Waals surface area contributed by atoms with E-state index in [-0.39, 0.29) is 6.04 Å². The van der Waals surface area contributed by atoms with E-state index in [1.54, 1.807) is 11.1 Å². The zero-order valence-electron chi connectivity index (χ0n) is 31.1. The fourth-order valence-electron chi connectivity index (χ4n) is 9.07. The molecule has 8 heteroatoms. The van der Waals surface area contributed by atoms with E-state index in [4.69, 9.17) is 4.98 Å². The molecule has 1 atom stereocenters. The van der Waals surface area contributed by atoms with Crippen molar-refractivity contribution < 1.29 is 0 Å². The number of fused-ring (bicyclic) bond motifs is 2. The quantitative estimate of drug-likeness (QED) is 0.138. The second-order valence-corrected chi connectivity index (χ2v) is 14.9. The molecule has 3 aliphatic rings. The van der Waals surface area contributed by atoms with Crippen LogP contribution in [0.25, 0.3) is 28.1 Å². The van der Waals surface area contributed by atoms with Crippen molar-refractivity contribution in [3.05, 3.63) is 134 Å². The monoisotopic (exact) mass is 704 g/mol. The average molecular weight is 705 g/mol. The van der Waals surface area contributed by atoms with Gasteiger partial charge in [-0.05, 0) is 98.7 Å². The van der Waals surface area contributed by atoms with E-state index in [2.05, 4.69) is 103 Å². The van der Waals surface area contributed by atoms with Gasteiger partial charge in [0.05, 0.1) is 29.1 Å². The molecule has 53 heavy (non-hydrogen) atoms. The van der Waals surface area contributed by atoms with Gasteiger partial charge < -0.3 is 15.1 Å². The van der Waals surface area contributed by atoms with E-state index >= 15 is 0 Å². The maximum absolute atomic E-state index is 4.90. The van der Waals surface area contributed by atoms with Gasteiger partial charge in [0.2, 0.25) is 0 Å². The molecule has 8 rings (SSSR count). The molecule has 2 fully saturated rings. The van der Waals surface area contributed by atoms with E-state index in [0.29, 0.717) is 12.0 Å².